The zero-order chi connectivity index (χ0) is 19.2. The van der Waals surface area contributed by atoms with Crippen molar-refractivity contribution in [2.45, 2.75) is 19.0 Å². The molecular weight excluding hydrogens is 395 g/mol. The highest BCUT2D eigenvalue weighted by atomic mass is 35.5. The summed E-state index contributed by atoms with van der Waals surface area (Å²) in [4.78, 5) is 31.3. The minimum atomic E-state index is -1.42. The fourth-order valence-electron chi connectivity index (χ4n) is 2.88. The number of carbonyl (C=O) groups excluding carboxylic acids is 2. The second-order valence-electron chi connectivity index (χ2n) is 6.06. The first-order chi connectivity index (χ1) is 12.9. The van der Waals surface area contributed by atoms with E-state index in [1.807, 2.05) is 17.5 Å². The van der Waals surface area contributed by atoms with Gasteiger partial charge in [0.05, 0.1) is 4.88 Å². The molecule has 1 fully saturated rings. The Morgan fingerprint density at radius 1 is 1.37 bits per heavy atom. The van der Waals surface area contributed by atoms with Crippen LogP contribution in [0.25, 0.3) is 10.7 Å². The Bertz CT molecular complexity index is 1040. The van der Waals surface area contributed by atoms with E-state index in [1.54, 1.807) is 0 Å². The van der Waals surface area contributed by atoms with Gasteiger partial charge in [-0.2, -0.15) is 4.98 Å². The van der Waals surface area contributed by atoms with Gasteiger partial charge in [0.15, 0.2) is 0 Å². The molecule has 0 saturated carbocycles. The number of aromatic nitrogens is 2. The third kappa shape index (κ3) is 2.98. The first kappa shape index (κ1) is 17.6. The van der Waals surface area contributed by atoms with Gasteiger partial charge in [-0.1, -0.05) is 28.9 Å². The van der Waals surface area contributed by atoms with E-state index in [0.717, 1.165) is 15.8 Å². The fourth-order valence-corrected chi connectivity index (χ4v) is 3.88. The average Bonchev–Trinajstić information content (AvgIpc) is 3.33. The molecule has 0 spiro atoms. The van der Waals surface area contributed by atoms with E-state index in [4.69, 9.17) is 16.1 Å². The SMILES string of the molecule is CC1(c2ccc(F)cc2Cl)NC(=O)N(Cc2nc(-c3cccs3)no2)C1=O. The van der Waals surface area contributed by atoms with Crippen LogP contribution in [-0.4, -0.2) is 27.0 Å². The van der Waals surface area contributed by atoms with Gasteiger partial charge in [-0.25, -0.2) is 9.18 Å². The van der Waals surface area contributed by atoms with Crippen molar-refractivity contribution in [3.63, 3.8) is 0 Å². The van der Waals surface area contributed by atoms with Gasteiger partial charge < -0.3 is 9.84 Å². The smallest absolute Gasteiger partial charge is 0.325 e. The van der Waals surface area contributed by atoms with E-state index in [9.17, 15) is 14.0 Å². The summed E-state index contributed by atoms with van der Waals surface area (Å²) in [5.74, 6) is -0.572. The molecule has 2 aromatic heterocycles. The molecule has 1 saturated heterocycles. The Kier molecular flexibility index (Phi) is 4.20. The third-order valence-electron chi connectivity index (χ3n) is 4.25. The standard InChI is InChI=1S/C17H12ClFN4O3S/c1-17(10-5-4-9(19)7-11(10)18)15(24)23(16(25)21-17)8-13-20-14(22-26-13)12-3-2-6-27-12/h2-7H,8H2,1H3,(H,21,25). The van der Waals surface area contributed by atoms with Crippen molar-refractivity contribution < 1.29 is 18.5 Å². The molecule has 3 heterocycles. The van der Waals surface area contributed by atoms with E-state index >= 15 is 0 Å². The largest absolute Gasteiger partial charge is 0.337 e. The predicted octanol–water partition coefficient (Wildman–Crippen LogP) is 3.56. The zero-order valence-electron chi connectivity index (χ0n) is 13.9. The monoisotopic (exact) mass is 406 g/mol. The van der Waals surface area contributed by atoms with Crippen LogP contribution in [0.2, 0.25) is 5.02 Å². The first-order valence-electron chi connectivity index (χ1n) is 7.84. The number of hydrogen-bond acceptors (Lipinski definition) is 6. The van der Waals surface area contributed by atoms with Gasteiger partial charge >= 0.3 is 6.03 Å². The zero-order valence-corrected chi connectivity index (χ0v) is 15.5. The molecule has 1 aliphatic heterocycles. The third-order valence-corrected chi connectivity index (χ3v) is 5.43. The van der Waals surface area contributed by atoms with Crippen LogP contribution in [0.3, 0.4) is 0 Å². The summed E-state index contributed by atoms with van der Waals surface area (Å²) in [5.41, 5.74) is -1.12. The van der Waals surface area contributed by atoms with Gasteiger partial charge in [0, 0.05) is 10.6 Å². The number of amides is 3. The molecule has 27 heavy (non-hydrogen) atoms. The molecule has 138 valence electrons. The average molecular weight is 407 g/mol. The summed E-state index contributed by atoms with van der Waals surface area (Å²) < 4.78 is 18.5. The molecule has 0 aliphatic carbocycles. The summed E-state index contributed by atoms with van der Waals surface area (Å²) in [5, 5.41) is 8.39. The maximum absolute atomic E-state index is 13.3. The van der Waals surface area contributed by atoms with Crippen molar-refractivity contribution in [1.29, 1.82) is 0 Å². The van der Waals surface area contributed by atoms with Crippen LogP contribution in [0.15, 0.2) is 40.2 Å². The molecule has 1 unspecified atom stereocenters. The molecular formula is C17H12ClFN4O3S. The number of nitrogens with zero attached hydrogens (tertiary/aromatic N) is 3. The molecule has 7 nitrogen and oxygen atoms in total. The molecule has 1 atom stereocenters. The first-order valence-corrected chi connectivity index (χ1v) is 9.10. The number of rotatable bonds is 4. The molecule has 10 heteroatoms. The Morgan fingerprint density at radius 2 is 2.19 bits per heavy atom. The van der Waals surface area contributed by atoms with Crippen LogP contribution in [0.4, 0.5) is 9.18 Å². The number of carbonyl (C=O) groups is 2. The topological polar surface area (TPSA) is 88.3 Å². The van der Waals surface area contributed by atoms with Gasteiger partial charge in [-0.15, -0.1) is 11.3 Å². The summed E-state index contributed by atoms with van der Waals surface area (Å²) >= 11 is 7.52. The Balaban J connectivity index is 1.60. The highest BCUT2D eigenvalue weighted by molar-refractivity contribution is 7.13. The molecule has 3 aromatic rings. The number of benzene rings is 1. The van der Waals surface area contributed by atoms with Gasteiger partial charge in [-0.3, -0.25) is 9.69 Å². The normalized spacial score (nSPS) is 19.6. The van der Waals surface area contributed by atoms with Crippen molar-refractivity contribution in [1.82, 2.24) is 20.4 Å². The molecule has 4 rings (SSSR count). The second-order valence-corrected chi connectivity index (χ2v) is 7.41. The van der Waals surface area contributed by atoms with Crippen LogP contribution < -0.4 is 5.32 Å². The molecule has 0 radical (unpaired) electrons. The van der Waals surface area contributed by atoms with E-state index in [2.05, 4.69) is 15.5 Å². The summed E-state index contributed by atoms with van der Waals surface area (Å²) in [6.07, 6.45) is 0. The van der Waals surface area contributed by atoms with E-state index < -0.39 is 23.3 Å². The highest BCUT2D eigenvalue weighted by Crippen LogP contribution is 2.34. The summed E-state index contributed by atoms with van der Waals surface area (Å²) in [6, 6.07) is 6.71. The second kappa shape index (κ2) is 6.43. The Morgan fingerprint density at radius 3 is 2.89 bits per heavy atom. The lowest BCUT2D eigenvalue weighted by atomic mass is 9.92. The molecule has 1 aromatic carbocycles. The maximum Gasteiger partial charge on any atom is 0.325 e. The van der Waals surface area contributed by atoms with Crippen LogP contribution in [0, 0.1) is 5.82 Å². The lowest BCUT2D eigenvalue weighted by Gasteiger charge is -2.23. The number of halogens is 2. The van der Waals surface area contributed by atoms with Gasteiger partial charge in [0.2, 0.25) is 11.7 Å². The maximum atomic E-state index is 13.3. The van der Waals surface area contributed by atoms with E-state index in [0.29, 0.717) is 11.4 Å². The fraction of sp³-hybridized carbons (Fsp3) is 0.176. The quantitative estimate of drug-likeness (QED) is 0.669. The van der Waals surface area contributed by atoms with E-state index in [-0.39, 0.29) is 17.5 Å². The van der Waals surface area contributed by atoms with Gasteiger partial charge in [0.25, 0.3) is 5.91 Å². The Hall–Kier alpha value is -2.78. The predicted molar refractivity (Wildman–Crippen MR) is 95.5 cm³/mol. The number of nitrogens with one attached hydrogen (secondary N) is 1. The van der Waals surface area contributed by atoms with Crippen LogP contribution in [-0.2, 0) is 16.9 Å². The van der Waals surface area contributed by atoms with Crippen molar-refractivity contribution >= 4 is 34.9 Å². The van der Waals surface area contributed by atoms with Crippen LogP contribution >= 0.6 is 22.9 Å². The number of urea groups is 1. The highest BCUT2D eigenvalue weighted by Gasteiger charge is 2.50. The molecule has 0 bridgehead atoms. The molecule has 3 amide bonds. The number of thiophene rings is 1. The van der Waals surface area contributed by atoms with Crippen LogP contribution in [0.1, 0.15) is 18.4 Å². The molecule has 1 aliphatic rings. The summed E-state index contributed by atoms with van der Waals surface area (Å²) in [7, 11) is 0. The molecule has 1 N–H and O–H groups in total. The van der Waals surface area contributed by atoms with Crippen LogP contribution in [0.5, 0.6) is 0 Å². The van der Waals surface area contributed by atoms with E-state index in [1.165, 1.54) is 30.4 Å². The van der Waals surface area contributed by atoms with Gasteiger partial charge in [0.1, 0.15) is 17.9 Å². The number of imide groups is 1. The van der Waals surface area contributed by atoms with Crippen molar-refractivity contribution in [2.24, 2.45) is 0 Å². The Labute approximate surface area is 161 Å². The van der Waals surface area contributed by atoms with Crippen molar-refractivity contribution in [3.05, 3.63) is 58.0 Å². The lowest BCUT2D eigenvalue weighted by molar-refractivity contribution is -0.131. The van der Waals surface area contributed by atoms with Gasteiger partial charge in [-0.05, 0) is 30.5 Å². The summed E-state index contributed by atoms with van der Waals surface area (Å²) in [6.45, 7) is 1.33. The van der Waals surface area contributed by atoms with Crippen molar-refractivity contribution in [2.75, 3.05) is 0 Å². The lowest BCUT2D eigenvalue weighted by Crippen LogP contribution is -2.41. The number of hydrogen-bond donors (Lipinski definition) is 1. The van der Waals surface area contributed by atoms with Crippen molar-refractivity contribution in [3.8, 4) is 10.7 Å². The minimum absolute atomic E-state index is 0.0470. The minimum Gasteiger partial charge on any atom is -0.337 e.